The zero-order chi connectivity index (χ0) is 21.6. The van der Waals surface area contributed by atoms with E-state index in [2.05, 4.69) is 25.6 Å². The average Bonchev–Trinajstić information content (AvgIpc) is 3.33. The Kier molecular flexibility index (Phi) is 5.89. The van der Waals surface area contributed by atoms with E-state index in [9.17, 15) is 9.59 Å². The Morgan fingerprint density at radius 2 is 1.87 bits per heavy atom. The largest absolute Gasteiger partial charge is 0.384 e. The number of carbonyl (C=O) groups excluding carboxylic acids is 2. The van der Waals surface area contributed by atoms with Gasteiger partial charge in [0.05, 0.1) is 0 Å². The Labute approximate surface area is 178 Å². The fourth-order valence-electron chi connectivity index (χ4n) is 3.37. The van der Waals surface area contributed by atoms with Crippen LogP contribution < -0.4 is 16.4 Å². The summed E-state index contributed by atoms with van der Waals surface area (Å²) in [6, 6.07) is 16.6. The van der Waals surface area contributed by atoms with Crippen molar-refractivity contribution in [2.75, 3.05) is 5.73 Å². The summed E-state index contributed by atoms with van der Waals surface area (Å²) in [6.07, 6.45) is 4.99. The number of hydrogen-bond acceptors (Lipinski definition) is 5. The Balaban J connectivity index is 1.55. The van der Waals surface area contributed by atoms with Gasteiger partial charge in [-0.25, -0.2) is 9.97 Å². The third-order valence-corrected chi connectivity index (χ3v) is 4.95. The molecule has 0 aliphatic rings. The molecule has 2 aromatic carbocycles. The second-order valence-electron chi connectivity index (χ2n) is 7.12. The zero-order valence-corrected chi connectivity index (χ0v) is 16.7. The number of fused-ring (bicyclic) bond motifs is 1. The molecule has 5 N–H and O–H groups in total. The number of nitrogens with one attached hydrogen (secondary N) is 3. The molecule has 4 aromatic rings. The highest BCUT2D eigenvalue weighted by Crippen LogP contribution is 2.20. The molecule has 0 fully saturated rings. The molecule has 0 unspecified atom stereocenters. The van der Waals surface area contributed by atoms with Gasteiger partial charge < -0.3 is 21.4 Å². The first-order chi connectivity index (χ1) is 15.1. The molecule has 0 saturated carbocycles. The van der Waals surface area contributed by atoms with Crippen LogP contribution in [0.25, 0.3) is 10.8 Å². The van der Waals surface area contributed by atoms with E-state index >= 15 is 0 Å². The number of imidazole rings is 1. The predicted octanol–water partition coefficient (Wildman–Crippen LogP) is 2.20. The molecule has 4 rings (SSSR count). The molecule has 156 valence electrons. The molecule has 31 heavy (non-hydrogen) atoms. The number of aromatic nitrogens is 3. The maximum absolute atomic E-state index is 13.0. The lowest BCUT2D eigenvalue weighted by atomic mass is 9.98. The van der Waals surface area contributed by atoms with Crippen molar-refractivity contribution in [3.05, 3.63) is 90.1 Å². The molecule has 2 heterocycles. The number of H-pyrrole nitrogens is 1. The van der Waals surface area contributed by atoms with Gasteiger partial charge in [0.15, 0.2) is 5.82 Å². The standard InChI is InChI=1S/C23H22N6O2/c24-20-9-8-15(13-27-20)14-28-22(30)19(29-23(31)21-25-10-11-26-21)12-17-6-3-5-16-4-1-2-7-18(16)17/h1-11,13,19H,12,14H2,(H2,24,27)(H,25,26)(H,28,30)(H,29,31)/t19-/m0/s1. The number of pyridine rings is 1. The van der Waals surface area contributed by atoms with E-state index in [1.165, 1.54) is 6.20 Å². The van der Waals surface area contributed by atoms with Crippen LogP contribution in [0.15, 0.2) is 73.2 Å². The van der Waals surface area contributed by atoms with Crippen molar-refractivity contribution < 1.29 is 9.59 Å². The van der Waals surface area contributed by atoms with E-state index in [-0.39, 0.29) is 18.3 Å². The van der Waals surface area contributed by atoms with Crippen LogP contribution in [0.2, 0.25) is 0 Å². The van der Waals surface area contributed by atoms with Gasteiger partial charge in [-0.15, -0.1) is 0 Å². The number of amides is 2. The van der Waals surface area contributed by atoms with Gasteiger partial charge in [0.25, 0.3) is 5.91 Å². The summed E-state index contributed by atoms with van der Waals surface area (Å²) in [5.41, 5.74) is 7.38. The van der Waals surface area contributed by atoms with Gasteiger partial charge in [-0.1, -0.05) is 48.5 Å². The number of benzene rings is 2. The second-order valence-corrected chi connectivity index (χ2v) is 7.12. The summed E-state index contributed by atoms with van der Waals surface area (Å²) in [6.45, 7) is 0.273. The molecular formula is C23H22N6O2. The van der Waals surface area contributed by atoms with Gasteiger partial charge in [0.2, 0.25) is 5.91 Å². The number of rotatable bonds is 7. The van der Waals surface area contributed by atoms with Crippen molar-refractivity contribution in [3.63, 3.8) is 0 Å². The average molecular weight is 414 g/mol. The maximum Gasteiger partial charge on any atom is 0.287 e. The lowest BCUT2D eigenvalue weighted by molar-refractivity contribution is -0.123. The summed E-state index contributed by atoms with van der Waals surface area (Å²) in [4.78, 5) is 36.4. The van der Waals surface area contributed by atoms with Crippen LogP contribution in [0.1, 0.15) is 21.7 Å². The van der Waals surface area contributed by atoms with E-state index in [1.807, 2.05) is 42.5 Å². The Morgan fingerprint density at radius 3 is 2.65 bits per heavy atom. The van der Waals surface area contributed by atoms with Crippen LogP contribution in [0.3, 0.4) is 0 Å². The van der Waals surface area contributed by atoms with E-state index in [0.717, 1.165) is 21.9 Å². The summed E-state index contributed by atoms with van der Waals surface area (Å²) in [5, 5.41) is 7.78. The molecule has 1 atom stereocenters. The van der Waals surface area contributed by atoms with Crippen LogP contribution in [0.5, 0.6) is 0 Å². The zero-order valence-electron chi connectivity index (χ0n) is 16.7. The topological polar surface area (TPSA) is 126 Å². The number of nitrogen functional groups attached to an aromatic ring is 1. The fourth-order valence-corrected chi connectivity index (χ4v) is 3.37. The van der Waals surface area contributed by atoms with Gasteiger partial charge in [0.1, 0.15) is 11.9 Å². The lowest BCUT2D eigenvalue weighted by Crippen LogP contribution is -2.48. The molecule has 0 bridgehead atoms. The van der Waals surface area contributed by atoms with Crippen LogP contribution >= 0.6 is 0 Å². The third-order valence-electron chi connectivity index (χ3n) is 4.95. The molecule has 0 aliphatic carbocycles. The summed E-state index contributed by atoms with van der Waals surface area (Å²) in [5.74, 6) is -0.183. The molecule has 0 aliphatic heterocycles. The van der Waals surface area contributed by atoms with Crippen molar-refractivity contribution in [2.24, 2.45) is 0 Å². The number of carbonyl (C=O) groups is 2. The summed E-state index contributed by atoms with van der Waals surface area (Å²) in [7, 11) is 0. The smallest absolute Gasteiger partial charge is 0.287 e. The highest BCUT2D eigenvalue weighted by Gasteiger charge is 2.23. The van der Waals surface area contributed by atoms with Crippen molar-refractivity contribution in [1.82, 2.24) is 25.6 Å². The number of anilines is 1. The molecular weight excluding hydrogens is 392 g/mol. The quantitative estimate of drug-likeness (QED) is 0.369. The highest BCUT2D eigenvalue weighted by molar-refractivity contribution is 5.95. The molecule has 0 saturated heterocycles. The van der Waals surface area contributed by atoms with Gasteiger partial charge in [0, 0.05) is 31.6 Å². The minimum absolute atomic E-state index is 0.151. The first-order valence-corrected chi connectivity index (χ1v) is 9.85. The van der Waals surface area contributed by atoms with E-state index < -0.39 is 11.9 Å². The molecule has 0 radical (unpaired) electrons. The number of nitrogens with zero attached hydrogens (tertiary/aromatic N) is 2. The van der Waals surface area contributed by atoms with Gasteiger partial charge in [-0.2, -0.15) is 0 Å². The minimum atomic E-state index is -0.787. The predicted molar refractivity (Wildman–Crippen MR) is 118 cm³/mol. The summed E-state index contributed by atoms with van der Waals surface area (Å²) < 4.78 is 0. The lowest BCUT2D eigenvalue weighted by Gasteiger charge is -2.19. The van der Waals surface area contributed by atoms with Crippen LogP contribution in [-0.4, -0.2) is 32.8 Å². The van der Waals surface area contributed by atoms with Gasteiger partial charge >= 0.3 is 0 Å². The Bertz CT molecular complexity index is 1180. The first-order valence-electron chi connectivity index (χ1n) is 9.85. The van der Waals surface area contributed by atoms with Crippen molar-refractivity contribution in [3.8, 4) is 0 Å². The van der Waals surface area contributed by atoms with Gasteiger partial charge in [-0.05, 0) is 28.0 Å². The highest BCUT2D eigenvalue weighted by atomic mass is 16.2. The Morgan fingerprint density at radius 1 is 1.03 bits per heavy atom. The van der Waals surface area contributed by atoms with Crippen LogP contribution in [0, 0.1) is 0 Å². The maximum atomic E-state index is 13.0. The van der Waals surface area contributed by atoms with E-state index in [1.54, 1.807) is 24.5 Å². The van der Waals surface area contributed by atoms with Crippen molar-refractivity contribution in [2.45, 2.75) is 19.0 Å². The van der Waals surface area contributed by atoms with Crippen molar-refractivity contribution >= 4 is 28.4 Å². The molecule has 8 nitrogen and oxygen atoms in total. The number of hydrogen-bond donors (Lipinski definition) is 4. The van der Waals surface area contributed by atoms with Crippen molar-refractivity contribution in [1.29, 1.82) is 0 Å². The number of nitrogens with two attached hydrogens (primary N) is 1. The fraction of sp³-hybridized carbons (Fsp3) is 0.130. The normalized spacial score (nSPS) is 11.7. The van der Waals surface area contributed by atoms with Gasteiger partial charge in [-0.3, -0.25) is 9.59 Å². The Hall–Kier alpha value is -4.20. The molecule has 2 aromatic heterocycles. The SMILES string of the molecule is Nc1ccc(CNC(=O)[C@H](Cc2cccc3ccccc23)NC(=O)c2ncc[nH]2)cn1. The molecule has 0 spiro atoms. The summed E-state index contributed by atoms with van der Waals surface area (Å²) >= 11 is 0. The van der Waals surface area contributed by atoms with E-state index in [4.69, 9.17) is 5.73 Å². The van der Waals surface area contributed by atoms with Crippen LogP contribution in [-0.2, 0) is 17.8 Å². The molecule has 8 heteroatoms. The second kappa shape index (κ2) is 9.08. The third kappa shape index (κ3) is 4.87. The molecule has 2 amide bonds. The van der Waals surface area contributed by atoms with Crippen LogP contribution in [0.4, 0.5) is 5.82 Å². The monoisotopic (exact) mass is 414 g/mol. The number of aromatic amines is 1. The van der Waals surface area contributed by atoms with E-state index in [0.29, 0.717) is 12.2 Å². The minimum Gasteiger partial charge on any atom is -0.384 e. The first kappa shape index (κ1) is 20.1.